The Kier molecular flexibility index (Phi) is 3.27. The Bertz CT molecular complexity index is 556. The molecule has 112 valence electrons. The van der Waals surface area contributed by atoms with Crippen LogP contribution in [0, 0.1) is 23.7 Å². The summed E-state index contributed by atoms with van der Waals surface area (Å²) < 4.78 is 0. The van der Waals surface area contributed by atoms with Gasteiger partial charge in [0.15, 0.2) is 0 Å². The molecule has 1 heterocycles. The van der Waals surface area contributed by atoms with Crippen molar-refractivity contribution in [2.75, 3.05) is 0 Å². The maximum Gasteiger partial charge on any atom is 0.307 e. The summed E-state index contributed by atoms with van der Waals surface area (Å²) in [6.45, 7) is 0. The van der Waals surface area contributed by atoms with E-state index in [9.17, 15) is 24.3 Å². The fraction of sp³-hybridized carbons (Fsp3) is 0.571. The minimum Gasteiger partial charge on any atom is -0.481 e. The number of carboxylic acid groups (broad SMARTS) is 1. The van der Waals surface area contributed by atoms with E-state index in [2.05, 4.69) is 10.6 Å². The molecule has 0 aromatic heterocycles. The topological polar surface area (TPSA) is 113 Å². The molecule has 2 bridgehead atoms. The zero-order valence-corrected chi connectivity index (χ0v) is 11.2. The van der Waals surface area contributed by atoms with Gasteiger partial charge in [-0.1, -0.05) is 12.2 Å². The Morgan fingerprint density at radius 2 is 1.86 bits per heavy atom. The molecule has 3 rings (SSSR count). The first kappa shape index (κ1) is 13.8. The van der Waals surface area contributed by atoms with Gasteiger partial charge in [-0.2, -0.15) is 0 Å². The van der Waals surface area contributed by atoms with Crippen molar-refractivity contribution in [2.24, 2.45) is 23.7 Å². The number of carboxylic acids is 1. The molecule has 0 spiro atoms. The average Bonchev–Trinajstić information content (AvgIpc) is 3.02. The van der Waals surface area contributed by atoms with Crippen LogP contribution in [0.4, 0.5) is 0 Å². The van der Waals surface area contributed by atoms with Crippen LogP contribution < -0.4 is 10.6 Å². The number of hydrogen-bond acceptors (Lipinski definition) is 4. The average molecular weight is 292 g/mol. The van der Waals surface area contributed by atoms with Crippen LogP contribution in [0.3, 0.4) is 0 Å². The van der Waals surface area contributed by atoms with E-state index in [1.807, 2.05) is 12.2 Å². The second kappa shape index (κ2) is 4.98. The summed E-state index contributed by atoms with van der Waals surface area (Å²) in [6, 6.07) is -0.757. The molecule has 0 aromatic carbocycles. The third-order valence-electron chi connectivity index (χ3n) is 4.60. The largest absolute Gasteiger partial charge is 0.481 e. The molecule has 0 radical (unpaired) electrons. The van der Waals surface area contributed by atoms with Gasteiger partial charge in [0.25, 0.3) is 0 Å². The van der Waals surface area contributed by atoms with Gasteiger partial charge in [-0.3, -0.25) is 24.5 Å². The van der Waals surface area contributed by atoms with E-state index in [4.69, 9.17) is 0 Å². The number of rotatable bonds is 3. The van der Waals surface area contributed by atoms with Crippen LogP contribution in [-0.2, 0) is 19.2 Å². The first-order valence-electron chi connectivity index (χ1n) is 7.02. The van der Waals surface area contributed by atoms with E-state index in [0.717, 1.165) is 0 Å². The minimum absolute atomic E-state index is 0.0793. The van der Waals surface area contributed by atoms with E-state index < -0.39 is 35.7 Å². The van der Waals surface area contributed by atoms with Crippen molar-refractivity contribution in [3.8, 4) is 0 Å². The molecule has 3 N–H and O–H groups in total. The maximum absolute atomic E-state index is 12.4. The molecule has 1 aliphatic heterocycles. The van der Waals surface area contributed by atoms with Crippen LogP contribution in [0.1, 0.15) is 19.3 Å². The number of carbonyl (C=O) groups excluding carboxylic acids is 3. The van der Waals surface area contributed by atoms with Crippen LogP contribution in [0.2, 0.25) is 0 Å². The number of fused-ring (bicyclic) bond motifs is 2. The summed E-state index contributed by atoms with van der Waals surface area (Å²) in [4.78, 5) is 46.5. The van der Waals surface area contributed by atoms with Gasteiger partial charge in [0.05, 0.1) is 11.8 Å². The predicted octanol–water partition coefficient (Wildman–Crippen LogP) is -0.569. The highest BCUT2D eigenvalue weighted by Gasteiger charge is 2.52. The second-order valence-corrected chi connectivity index (χ2v) is 5.85. The number of aliphatic carboxylic acids is 1. The molecule has 0 aromatic rings. The molecule has 5 atom stereocenters. The summed E-state index contributed by atoms with van der Waals surface area (Å²) in [6.07, 6.45) is 4.85. The van der Waals surface area contributed by atoms with E-state index >= 15 is 0 Å². The van der Waals surface area contributed by atoms with Crippen LogP contribution >= 0.6 is 0 Å². The smallest absolute Gasteiger partial charge is 0.307 e. The van der Waals surface area contributed by atoms with Gasteiger partial charge in [0, 0.05) is 6.42 Å². The van der Waals surface area contributed by atoms with E-state index in [0.29, 0.717) is 6.42 Å². The van der Waals surface area contributed by atoms with E-state index in [1.165, 1.54) is 0 Å². The summed E-state index contributed by atoms with van der Waals surface area (Å²) in [5, 5.41) is 14.1. The molecule has 21 heavy (non-hydrogen) atoms. The van der Waals surface area contributed by atoms with Crippen LogP contribution in [0.25, 0.3) is 0 Å². The Labute approximate surface area is 120 Å². The molecule has 3 aliphatic rings. The first-order chi connectivity index (χ1) is 9.97. The van der Waals surface area contributed by atoms with Crippen LogP contribution in [-0.4, -0.2) is 34.8 Å². The van der Waals surface area contributed by atoms with Crippen LogP contribution in [0.15, 0.2) is 12.2 Å². The molecule has 1 saturated carbocycles. The van der Waals surface area contributed by atoms with Crippen molar-refractivity contribution in [3.63, 3.8) is 0 Å². The molecule has 7 heteroatoms. The number of hydrogen-bond donors (Lipinski definition) is 3. The quantitative estimate of drug-likeness (QED) is 0.476. The second-order valence-electron chi connectivity index (χ2n) is 5.85. The number of imide groups is 1. The van der Waals surface area contributed by atoms with Gasteiger partial charge in [-0.15, -0.1) is 0 Å². The molecule has 2 fully saturated rings. The first-order valence-corrected chi connectivity index (χ1v) is 7.02. The fourth-order valence-corrected chi connectivity index (χ4v) is 3.62. The maximum atomic E-state index is 12.4. The number of allylic oxidation sites excluding steroid dienone is 2. The minimum atomic E-state index is -0.977. The number of amides is 3. The van der Waals surface area contributed by atoms with E-state index in [-0.39, 0.29) is 30.6 Å². The fourth-order valence-electron chi connectivity index (χ4n) is 3.62. The van der Waals surface area contributed by atoms with Crippen LogP contribution in [0.5, 0.6) is 0 Å². The SMILES string of the molecule is O=C1CCC(NC(=O)[C@H]2C3C=CC(C3)[C@H]2C(=O)O)C(=O)N1. The summed E-state index contributed by atoms with van der Waals surface area (Å²) in [5.41, 5.74) is 0. The standard InChI is InChI=1S/C14H16N2O5/c17-9-4-3-8(12(18)16-9)15-13(19)10-6-1-2-7(5-6)11(10)14(20)21/h1-2,6-8,10-11H,3-5H2,(H,15,19)(H,20,21)(H,16,17,18)/t6?,7?,8?,10-,11+/m0/s1. The summed E-state index contributed by atoms with van der Waals surface area (Å²) in [7, 11) is 0. The van der Waals surface area contributed by atoms with Gasteiger partial charge < -0.3 is 10.4 Å². The lowest BCUT2D eigenvalue weighted by Crippen LogP contribution is -2.54. The van der Waals surface area contributed by atoms with Crippen molar-refractivity contribution in [1.82, 2.24) is 10.6 Å². The zero-order chi connectivity index (χ0) is 15.1. The van der Waals surface area contributed by atoms with Crippen molar-refractivity contribution >= 4 is 23.7 Å². The van der Waals surface area contributed by atoms with Crippen molar-refractivity contribution in [1.29, 1.82) is 0 Å². The third kappa shape index (κ3) is 2.32. The highest BCUT2D eigenvalue weighted by Crippen LogP contribution is 2.48. The van der Waals surface area contributed by atoms with Gasteiger partial charge >= 0.3 is 5.97 Å². The molecule has 3 unspecified atom stereocenters. The highest BCUT2D eigenvalue weighted by molar-refractivity contribution is 6.02. The van der Waals surface area contributed by atoms with Crippen molar-refractivity contribution in [3.05, 3.63) is 12.2 Å². The molecule has 7 nitrogen and oxygen atoms in total. The molecular weight excluding hydrogens is 276 g/mol. The molecular formula is C14H16N2O5. The summed E-state index contributed by atoms with van der Waals surface area (Å²) in [5.74, 6) is -3.81. The van der Waals surface area contributed by atoms with E-state index in [1.54, 1.807) is 0 Å². The number of piperidine rings is 1. The Morgan fingerprint density at radius 1 is 1.19 bits per heavy atom. The molecule has 2 aliphatic carbocycles. The predicted molar refractivity (Wildman–Crippen MR) is 69.7 cm³/mol. The lowest BCUT2D eigenvalue weighted by atomic mass is 9.82. The van der Waals surface area contributed by atoms with Gasteiger partial charge in [-0.05, 0) is 24.7 Å². The molecule has 3 amide bonds. The van der Waals surface area contributed by atoms with Crippen molar-refractivity contribution in [2.45, 2.75) is 25.3 Å². The van der Waals surface area contributed by atoms with Gasteiger partial charge in [0.1, 0.15) is 6.04 Å². The summed E-state index contributed by atoms with van der Waals surface area (Å²) >= 11 is 0. The monoisotopic (exact) mass is 292 g/mol. The lowest BCUT2D eigenvalue weighted by Gasteiger charge is -2.27. The number of carbonyl (C=O) groups is 4. The third-order valence-corrected chi connectivity index (χ3v) is 4.60. The number of nitrogens with one attached hydrogen (secondary N) is 2. The lowest BCUT2D eigenvalue weighted by molar-refractivity contribution is -0.148. The molecule has 1 saturated heterocycles. The normalized spacial score (nSPS) is 37.4. The highest BCUT2D eigenvalue weighted by atomic mass is 16.4. The van der Waals surface area contributed by atoms with Gasteiger partial charge in [0.2, 0.25) is 17.7 Å². The Hall–Kier alpha value is -2.18. The van der Waals surface area contributed by atoms with Gasteiger partial charge in [-0.25, -0.2) is 0 Å². The Morgan fingerprint density at radius 3 is 2.48 bits per heavy atom. The Balaban J connectivity index is 1.70. The zero-order valence-electron chi connectivity index (χ0n) is 11.2. The van der Waals surface area contributed by atoms with Crippen molar-refractivity contribution < 1.29 is 24.3 Å².